The maximum Gasteiger partial charge on any atom is 0.227 e. The number of amides is 1. The molecule has 138 valence electrons. The van der Waals surface area contributed by atoms with E-state index >= 15 is 0 Å². The monoisotopic (exact) mass is 452 g/mol. The molecule has 0 aliphatic rings. The van der Waals surface area contributed by atoms with Crippen LogP contribution in [0.4, 0.5) is 0 Å². The van der Waals surface area contributed by atoms with Crippen LogP contribution in [0, 0.1) is 5.41 Å². The summed E-state index contributed by atoms with van der Waals surface area (Å²) in [7, 11) is 3.28. The number of hydrogen-bond acceptors (Lipinski definition) is 4. The van der Waals surface area contributed by atoms with Gasteiger partial charge in [0.1, 0.15) is 5.76 Å². The first-order valence-electron chi connectivity index (χ1n) is 7.75. The third-order valence-electron chi connectivity index (χ3n) is 3.32. The lowest BCUT2D eigenvalue weighted by atomic mass is 9.93. The summed E-state index contributed by atoms with van der Waals surface area (Å²) < 4.78 is 10.3. The van der Waals surface area contributed by atoms with Gasteiger partial charge in [0.2, 0.25) is 5.91 Å². The molecule has 0 saturated carbocycles. The van der Waals surface area contributed by atoms with Gasteiger partial charge < -0.3 is 25.1 Å². The van der Waals surface area contributed by atoms with Crippen molar-refractivity contribution >= 4 is 35.8 Å². The van der Waals surface area contributed by atoms with E-state index in [1.54, 1.807) is 20.4 Å². The molecule has 0 aliphatic heterocycles. The van der Waals surface area contributed by atoms with E-state index in [2.05, 4.69) is 20.9 Å². The molecule has 0 saturated heterocycles. The number of aliphatic imine (C=N–C) groups is 1. The summed E-state index contributed by atoms with van der Waals surface area (Å²) >= 11 is 0. The van der Waals surface area contributed by atoms with Crippen molar-refractivity contribution in [1.82, 2.24) is 16.0 Å². The molecular formula is C16H29IN4O3. The smallest absolute Gasteiger partial charge is 0.227 e. The molecule has 1 heterocycles. The van der Waals surface area contributed by atoms with Gasteiger partial charge in [-0.25, -0.2) is 0 Å². The van der Waals surface area contributed by atoms with Gasteiger partial charge in [0, 0.05) is 33.7 Å². The Balaban J connectivity index is 0.00000529. The number of rotatable bonds is 9. The van der Waals surface area contributed by atoms with Crippen LogP contribution < -0.4 is 16.0 Å². The van der Waals surface area contributed by atoms with Crippen molar-refractivity contribution in [2.24, 2.45) is 10.4 Å². The summed E-state index contributed by atoms with van der Waals surface area (Å²) in [6, 6.07) is 3.80. The lowest BCUT2D eigenvalue weighted by Gasteiger charge is -2.21. The zero-order valence-corrected chi connectivity index (χ0v) is 17.2. The van der Waals surface area contributed by atoms with Crippen molar-refractivity contribution in [2.75, 3.05) is 40.4 Å². The summed E-state index contributed by atoms with van der Waals surface area (Å²) in [5.41, 5.74) is -0.564. The van der Waals surface area contributed by atoms with E-state index in [1.165, 1.54) is 0 Å². The highest BCUT2D eigenvalue weighted by molar-refractivity contribution is 14.0. The van der Waals surface area contributed by atoms with Gasteiger partial charge in [-0.05, 0) is 26.0 Å². The third-order valence-corrected chi connectivity index (χ3v) is 3.32. The molecule has 0 bridgehead atoms. The number of guanidine groups is 1. The third kappa shape index (κ3) is 8.53. The molecule has 1 amide bonds. The highest BCUT2D eigenvalue weighted by atomic mass is 127. The minimum Gasteiger partial charge on any atom is -0.469 e. The van der Waals surface area contributed by atoms with Crippen LogP contribution in [0.3, 0.4) is 0 Å². The Morgan fingerprint density at radius 3 is 2.62 bits per heavy atom. The second kappa shape index (κ2) is 12.1. The fraction of sp³-hybridized carbons (Fsp3) is 0.625. The van der Waals surface area contributed by atoms with Crippen molar-refractivity contribution in [3.8, 4) is 0 Å². The Bertz CT molecular complexity index is 490. The van der Waals surface area contributed by atoms with Crippen molar-refractivity contribution in [1.29, 1.82) is 0 Å². The SMILES string of the molecule is CNC(=O)C(C)(C)CN=C(NCCOC)NCCc1ccco1.I. The summed E-state index contributed by atoms with van der Waals surface area (Å²) in [6.07, 6.45) is 2.42. The van der Waals surface area contributed by atoms with E-state index in [-0.39, 0.29) is 29.9 Å². The Hall–Kier alpha value is -1.29. The van der Waals surface area contributed by atoms with Gasteiger partial charge in [-0.15, -0.1) is 24.0 Å². The van der Waals surface area contributed by atoms with Crippen LogP contribution in [0.5, 0.6) is 0 Å². The zero-order chi connectivity index (χ0) is 17.1. The molecule has 0 atom stereocenters. The van der Waals surface area contributed by atoms with Gasteiger partial charge in [-0.2, -0.15) is 0 Å². The molecule has 1 aromatic heterocycles. The van der Waals surface area contributed by atoms with Gasteiger partial charge in [0.05, 0.1) is 24.8 Å². The standard InChI is InChI=1S/C16H28N4O3.HI/c1-16(2,14(21)17-3)12-20-15(19-9-11-22-4)18-8-7-13-6-5-10-23-13;/h5-6,10H,7-9,11-12H2,1-4H3,(H,17,21)(H2,18,19,20);1H. The fourth-order valence-corrected chi connectivity index (χ4v) is 1.89. The lowest BCUT2D eigenvalue weighted by molar-refractivity contribution is -0.128. The van der Waals surface area contributed by atoms with Crippen LogP contribution in [0.15, 0.2) is 27.8 Å². The maximum atomic E-state index is 11.8. The van der Waals surface area contributed by atoms with Crippen LogP contribution in [0.1, 0.15) is 19.6 Å². The Kier molecular flexibility index (Phi) is 11.5. The predicted molar refractivity (Wildman–Crippen MR) is 106 cm³/mol. The molecule has 0 aliphatic carbocycles. The number of carbonyl (C=O) groups is 1. The summed E-state index contributed by atoms with van der Waals surface area (Å²) in [6.45, 7) is 6.03. The number of furan rings is 1. The van der Waals surface area contributed by atoms with E-state index in [4.69, 9.17) is 9.15 Å². The molecule has 0 radical (unpaired) electrons. The number of nitrogens with one attached hydrogen (secondary N) is 3. The Morgan fingerprint density at radius 1 is 1.33 bits per heavy atom. The first-order chi connectivity index (χ1) is 11.0. The quantitative estimate of drug-likeness (QED) is 0.228. The Morgan fingerprint density at radius 2 is 2.04 bits per heavy atom. The number of carbonyl (C=O) groups excluding carboxylic acids is 1. The molecule has 7 nitrogen and oxygen atoms in total. The molecule has 0 fully saturated rings. The predicted octanol–water partition coefficient (Wildman–Crippen LogP) is 1.39. The topological polar surface area (TPSA) is 87.9 Å². The maximum absolute atomic E-state index is 11.8. The van der Waals surface area contributed by atoms with Crippen LogP contribution >= 0.6 is 24.0 Å². The molecule has 0 unspecified atom stereocenters. The molecule has 0 aromatic carbocycles. The summed E-state index contributed by atoms with van der Waals surface area (Å²) in [5.74, 6) is 1.54. The largest absolute Gasteiger partial charge is 0.469 e. The molecular weight excluding hydrogens is 423 g/mol. The second-order valence-corrected chi connectivity index (χ2v) is 5.80. The van der Waals surface area contributed by atoms with Crippen LogP contribution in [-0.2, 0) is 16.0 Å². The number of ether oxygens (including phenoxy) is 1. The van der Waals surface area contributed by atoms with Gasteiger partial charge >= 0.3 is 0 Å². The number of methoxy groups -OCH3 is 1. The highest BCUT2D eigenvalue weighted by Gasteiger charge is 2.26. The number of hydrogen-bond donors (Lipinski definition) is 3. The second-order valence-electron chi connectivity index (χ2n) is 5.80. The van der Waals surface area contributed by atoms with Gasteiger partial charge in [-0.3, -0.25) is 9.79 Å². The van der Waals surface area contributed by atoms with Gasteiger partial charge in [-0.1, -0.05) is 0 Å². The van der Waals surface area contributed by atoms with E-state index < -0.39 is 5.41 Å². The molecule has 1 aromatic rings. The van der Waals surface area contributed by atoms with Crippen LogP contribution in [0.2, 0.25) is 0 Å². The molecule has 3 N–H and O–H groups in total. The van der Waals surface area contributed by atoms with E-state index in [1.807, 2.05) is 26.0 Å². The molecule has 1 rings (SSSR count). The van der Waals surface area contributed by atoms with Gasteiger partial charge in [0.25, 0.3) is 0 Å². The van der Waals surface area contributed by atoms with Crippen molar-refractivity contribution in [3.05, 3.63) is 24.2 Å². The first-order valence-corrected chi connectivity index (χ1v) is 7.75. The lowest BCUT2D eigenvalue weighted by Crippen LogP contribution is -2.42. The molecule has 24 heavy (non-hydrogen) atoms. The minimum atomic E-state index is -0.564. The first kappa shape index (κ1) is 22.7. The normalized spacial score (nSPS) is 11.6. The van der Waals surface area contributed by atoms with Crippen LogP contribution in [0.25, 0.3) is 0 Å². The Labute approximate surface area is 161 Å². The summed E-state index contributed by atoms with van der Waals surface area (Å²) in [4.78, 5) is 16.3. The van der Waals surface area contributed by atoms with Crippen LogP contribution in [-0.4, -0.2) is 52.3 Å². The fourth-order valence-electron chi connectivity index (χ4n) is 1.89. The highest BCUT2D eigenvalue weighted by Crippen LogP contribution is 2.15. The average molecular weight is 452 g/mol. The van der Waals surface area contributed by atoms with E-state index in [9.17, 15) is 4.79 Å². The van der Waals surface area contributed by atoms with E-state index in [0.29, 0.717) is 32.2 Å². The molecule has 0 spiro atoms. The number of halogens is 1. The van der Waals surface area contributed by atoms with Crippen molar-refractivity contribution in [3.63, 3.8) is 0 Å². The van der Waals surface area contributed by atoms with Crippen molar-refractivity contribution < 1.29 is 13.9 Å². The minimum absolute atomic E-state index is 0. The number of nitrogens with zero attached hydrogens (tertiary/aromatic N) is 1. The molecule has 8 heteroatoms. The van der Waals surface area contributed by atoms with Crippen molar-refractivity contribution in [2.45, 2.75) is 20.3 Å². The van der Waals surface area contributed by atoms with E-state index in [0.717, 1.165) is 12.2 Å². The average Bonchev–Trinajstić information content (AvgIpc) is 3.04. The zero-order valence-electron chi connectivity index (χ0n) is 14.8. The summed E-state index contributed by atoms with van der Waals surface area (Å²) in [5, 5.41) is 9.08. The van der Waals surface area contributed by atoms with Gasteiger partial charge in [0.15, 0.2) is 5.96 Å².